The lowest BCUT2D eigenvalue weighted by Gasteiger charge is -2.14. The smallest absolute Gasteiger partial charge is 0.280 e. The zero-order valence-corrected chi connectivity index (χ0v) is 17.2. The number of pyridine rings is 1. The van der Waals surface area contributed by atoms with E-state index in [0.717, 1.165) is 5.39 Å². The molecule has 0 saturated carbocycles. The Morgan fingerprint density at radius 2 is 1.70 bits per heavy atom. The molecule has 156 valence electrons. The minimum atomic E-state index is -0.776. The summed E-state index contributed by atoms with van der Waals surface area (Å²) >= 11 is 0. The van der Waals surface area contributed by atoms with E-state index >= 15 is 0 Å². The highest BCUT2D eigenvalue weighted by Gasteiger charge is 2.16. The van der Waals surface area contributed by atoms with E-state index in [2.05, 4.69) is 15.5 Å². The minimum absolute atomic E-state index is 0.404. The van der Waals surface area contributed by atoms with Crippen molar-refractivity contribution in [3.05, 3.63) is 54.2 Å². The fourth-order valence-electron chi connectivity index (χ4n) is 2.83. The summed E-state index contributed by atoms with van der Waals surface area (Å²) in [6.45, 7) is 1.64. The SMILES string of the molecule is COc1cc(OC)c(OC)cc1C=NNC(=O)[C@H](C)Oc1cccc2cccnc12. The van der Waals surface area contributed by atoms with Gasteiger partial charge in [0, 0.05) is 23.2 Å². The number of hydrogen-bond acceptors (Lipinski definition) is 7. The van der Waals surface area contributed by atoms with Gasteiger partial charge in [-0.25, -0.2) is 5.43 Å². The number of carbonyl (C=O) groups excluding carboxylic acids is 1. The molecule has 0 aliphatic carbocycles. The maximum atomic E-state index is 12.4. The van der Waals surface area contributed by atoms with Crippen molar-refractivity contribution in [3.63, 3.8) is 0 Å². The summed E-state index contributed by atoms with van der Waals surface area (Å²) in [6, 6.07) is 12.7. The standard InChI is InChI=1S/C22H23N3O5/c1-14(30-17-9-5-7-15-8-6-10-23-21(15)17)22(26)25-24-13-16-11-19(28-3)20(29-4)12-18(16)27-2/h5-14H,1-4H3,(H,25,26)/t14-/m0/s1. The van der Waals surface area contributed by atoms with Crippen molar-refractivity contribution < 1.29 is 23.7 Å². The maximum Gasteiger partial charge on any atom is 0.280 e. The quantitative estimate of drug-likeness (QED) is 0.454. The van der Waals surface area contributed by atoms with Gasteiger partial charge in [0.15, 0.2) is 17.6 Å². The maximum absolute atomic E-state index is 12.4. The molecule has 1 N–H and O–H groups in total. The lowest BCUT2D eigenvalue weighted by molar-refractivity contribution is -0.127. The number of aromatic nitrogens is 1. The third-order valence-corrected chi connectivity index (χ3v) is 4.38. The van der Waals surface area contributed by atoms with Gasteiger partial charge in [0.25, 0.3) is 5.91 Å². The van der Waals surface area contributed by atoms with E-state index in [1.54, 1.807) is 31.3 Å². The molecule has 0 spiro atoms. The summed E-state index contributed by atoms with van der Waals surface area (Å²) in [6.07, 6.45) is 2.37. The van der Waals surface area contributed by atoms with E-state index in [1.165, 1.54) is 27.5 Å². The summed E-state index contributed by atoms with van der Waals surface area (Å²) in [7, 11) is 4.61. The molecule has 1 amide bonds. The highest BCUT2D eigenvalue weighted by atomic mass is 16.5. The van der Waals surface area contributed by atoms with Crippen LogP contribution in [0.5, 0.6) is 23.0 Å². The average molecular weight is 409 g/mol. The molecule has 30 heavy (non-hydrogen) atoms. The Bertz CT molecular complexity index is 1060. The van der Waals surface area contributed by atoms with Gasteiger partial charge < -0.3 is 18.9 Å². The van der Waals surface area contributed by atoms with Gasteiger partial charge in [-0.3, -0.25) is 9.78 Å². The van der Waals surface area contributed by atoms with Crippen molar-refractivity contribution >= 4 is 23.0 Å². The van der Waals surface area contributed by atoms with Crippen LogP contribution in [0, 0.1) is 0 Å². The fraction of sp³-hybridized carbons (Fsp3) is 0.227. The number of para-hydroxylation sites is 1. The molecular formula is C22H23N3O5. The van der Waals surface area contributed by atoms with Crippen molar-refractivity contribution in [2.75, 3.05) is 21.3 Å². The number of nitrogens with one attached hydrogen (secondary N) is 1. The molecule has 1 heterocycles. The van der Waals surface area contributed by atoms with Crippen LogP contribution in [0.4, 0.5) is 0 Å². The summed E-state index contributed by atoms with van der Waals surface area (Å²) in [5.41, 5.74) is 3.78. The number of fused-ring (bicyclic) bond motifs is 1. The number of methoxy groups -OCH3 is 3. The number of ether oxygens (including phenoxy) is 4. The van der Waals surface area contributed by atoms with Crippen LogP contribution in [0.2, 0.25) is 0 Å². The van der Waals surface area contributed by atoms with E-state index in [-0.39, 0.29) is 0 Å². The molecule has 0 aliphatic rings. The van der Waals surface area contributed by atoms with Gasteiger partial charge in [-0.2, -0.15) is 5.10 Å². The summed E-state index contributed by atoms with van der Waals surface area (Å²) in [5.74, 6) is 1.70. The van der Waals surface area contributed by atoms with Crippen molar-refractivity contribution in [2.45, 2.75) is 13.0 Å². The van der Waals surface area contributed by atoms with Crippen LogP contribution < -0.4 is 24.4 Å². The number of hydrazone groups is 1. The third-order valence-electron chi connectivity index (χ3n) is 4.38. The minimum Gasteiger partial charge on any atom is -0.496 e. The van der Waals surface area contributed by atoms with E-state index in [1.807, 2.05) is 24.3 Å². The van der Waals surface area contributed by atoms with Crippen LogP contribution in [-0.2, 0) is 4.79 Å². The topological polar surface area (TPSA) is 91.3 Å². The van der Waals surface area contributed by atoms with Crippen LogP contribution in [-0.4, -0.2) is 44.5 Å². The number of nitrogens with zero attached hydrogens (tertiary/aromatic N) is 2. The molecule has 0 saturated heterocycles. The lowest BCUT2D eigenvalue weighted by Crippen LogP contribution is -2.33. The number of rotatable bonds is 8. The van der Waals surface area contributed by atoms with Crippen molar-refractivity contribution in [3.8, 4) is 23.0 Å². The molecule has 8 nitrogen and oxygen atoms in total. The monoisotopic (exact) mass is 409 g/mol. The Morgan fingerprint density at radius 3 is 2.43 bits per heavy atom. The second-order valence-electron chi connectivity index (χ2n) is 6.27. The van der Waals surface area contributed by atoms with Crippen LogP contribution in [0.15, 0.2) is 53.8 Å². The van der Waals surface area contributed by atoms with Crippen LogP contribution >= 0.6 is 0 Å². The van der Waals surface area contributed by atoms with E-state index in [9.17, 15) is 4.79 Å². The third kappa shape index (κ3) is 4.60. The van der Waals surface area contributed by atoms with Crippen molar-refractivity contribution in [2.24, 2.45) is 5.10 Å². The molecule has 1 atom stereocenters. The number of amides is 1. The number of carbonyl (C=O) groups is 1. The Labute approximate surface area is 174 Å². The van der Waals surface area contributed by atoms with Crippen LogP contribution in [0.25, 0.3) is 10.9 Å². The second-order valence-corrected chi connectivity index (χ2v) is 6.27. The molecular weight excluding hydrogens is 386 g/mol. The normalized spacial score (nSPS) is 11.9. The van der Waals surface area contributed by atoms with Gasteiger partial charge in [-0.1, -0.05) is 18.2 Å². The van der Waals surface area contributed by atoms with Crippen molar-refractivity contribution in [1.29, 1.82) is 0 Å². The first-order valence-corrected chi connectivity index (χ1v) is 9.20. The van der Waals surface area contributed by atoms with Gasteiger partial charge in [-0.15, -0.1) is 0 Å². The zero-order chi connectivity index (χ0) is 21.5. The Hall–Kier alpha value is -3.81. The number of hydrogen-bond donors (Lipinski definition) is 1. The van der Waals surface area contributed by atoms with Gasteiger partial charge in [0.05, 0.1) is 27.5 Å². The summed E-state index contributed by atoms with van der Waals surface area (Å²) < 4.78 is 21.7. The van der Waals surface area contributed by atoms with Gasteiger partial charge >= 0.3 is 0 Å². The molecule has 0 radical (unpaired) electrons. The van der Waals surface area contributed by atoms with Gasteiger partial charge in [-0.05, 0) is 25.1 Å². The molecule has 2 aromatic carbocycles. The Balaban J connectivity index is 1.70. The first kappa shape index (κ1) is 20.9. The zero-order valence-electron chi connectivity index (χ0n) is 17.2. The highest BCUT2D eigenvalue weighted by molar-refractivity contribution is 5.88. The first-order chi connectivity index (χ1) is 14.6. The second kappa shape index (κ2) is 9.60. The van der Waals surface area contributed by atoms with Crippen LogP contribution in [0.3, 0.4) is 0 Å². The average Bonchev–Trinajstić information content (AvgIpc) is 2.78. The first-order valence-electron chi connectivity index (χ1n) is 9.20. The molecule has 0 bridgehead atoms. The van der Waals surface area contributed by atoms with E-state index in [4.69, 9.17) is 18.9 Å². The summed E-state index contributed by atoms with van der Waals surface area (Å²) in [4.78, 5) is 16.7. The molecule has 3 rings (SSSR count). The van der Waals surface area contributed by atoms with Crippen LogP contribution in [0.1, 0.15) is 12.5 Å². The van der Waals surface area contributed by atoms with Gasteiger partial charge in [0.1, 0.15) is 17.0 Å². The molecule has 0 fully saturated rings. The van der Waals surface area contributed by atoms with E-state index in [0.29, 0.717) is 34.1 Å². The number of benzene rings is 2. The fourth-order valence-corrected chi connectivity index (χ4v) is 2.83. The molecule has 3 aromatic rings. The predicted octanol–water partition coefficient (Wildman–Crippen LogP) is 3.18. The molecule has 1 aromatic heterocycles. The summed E-state index contributed by atoms with van der Waals surface area (Å²) in [5, 5.41) is 4.94. The molecule has 8 heteroatoms. The largest absolute Gasteiger partial charge is 0.496 e. The lowest BCUT2D eigenvalue weighted by atomic mass is 10.2. The predicted molar refractivity (Wildman–Crippen MR) is 114 cm³/mol. The van der Waals surface area contributed by atoms with E-state index < -0.39 is 12.0 Å². The Kier molecular flexibility index (Phi) is 6.69. The molecule has 0 unspecified atom stereocenters. The highest BCUT2D eigenvalue weighted by Crippen LogP contribution is 2.33. The van der Waals surface area contributed by atoms with Gasteiger partial charge in [0.2, 0.25) is 0 Å². The van der Waals surface area contributed by atoms with Crippen molar-refractivity contribution in [1.82, 2.24) is 10.4 Å². The Morgan fingerprint density at radius 1 is 1.00 bits per heavy atom. The molecule has 0 aliphatic heterocycles.